The van der Waals surface area contributed by atoms with Gasteiger partial charge >= 0.3 is 5.97 Å². The number of hydrogen-bond acceptors (Lipinski definition) is 7. The summed E-state index contributed by atoms with van der Waals surface area (Å²) in [6.07, 6.45) is 0. The predicted molar refractivity (Wildman–Crippen MR) is 117 cm³/mol. The van der Waals surface area contributed by atoms with Crippen LogP contribution in [-0.4, -0.2) is 30.8 Å². The van der Waals surface area contributed by atoms with E-state index in [-0.39, 0.29) is 12.7 Å². The van der Waals surface area contributed by atoms with Gasteiger partial charge in [-0.1, -0.05) is 18.2 Å². The zero-order chi connectivity index (χ0) is 21.4. The average Bonchev–Trinajstić information content (AvgIpc) is 3.46. The highest BCUT2D eigenvalue weighted by molar-refractivity contribution is 7.12. The minimum Gasteiger partial charge on any atom is -0.465 e. The van der Waals surface area contributed by atoms with Crippen LogP contribution in [0.4, 0.5) is 5.69 Å². The maximum atomic E-state index is 13.2. The van der Waals surface area contributed by atoms with Crippen molar-refractivity contribution in [3.8, 4) is 22.8 Å². The second-order valence-electron chi connectivity index (χ2n) is 6.75. The van der Waals surface area contributed by atoms with Crippen LogP contribution in [0.25, 0.3) is 22.2 Å². The smallest absolute Gasteiger partial charge is 0.350 e. The van der Waals surface area contributed by atoms with Gasteiger partial charge in [0.1, 0.15) is 4.88 Å². The van der Waals surface area contributed by atoms with E-state index in [0.717, 1.165) is 5.56 Å². The van der Waals surface area contributed by atoms with Gasteiger partial charge in [-0.3, -0.25) is 4.79 Å². The third-order valence-corrected chi connectivity index (χ3v) is 5.81. The Morgan fingerprint density at radius 1 is 1.06 bits per heavy atom. The lowest BCUT2D eigenvalue weighted by atomic mass is 10.0. The van der Waals surface area contributed by atoms with E-state index in [2.05, 4.69) is 5.32 Å². The van der Waals surface area contributed by atoms with Crippen LogP contribution in [0, 0.1) is 0 Å². The molecule has 2 aromatic carbocycles. The Balaban J connectivity index is 1.57. The van der Waals surface area contributed by atoms with Gasteiger partial charge in [0, 0.05) is 10.9 Å². The molecular weight excluding hydrogens is 416 g/mol. The second-order valence-corrected chi connectivity index (χ2v) is 7.67. The first-order chi connectivity index (χ1) is 15.1. The van der Waals surface area contributed by atoms with E-state index in [1.165, 1.54) is 18.4 Å². The Morgan fingerprint density at radius 3 is 2.77 bits per heavy atom. The molecule has 7 nitrogen and oxygen atoms in total. The monoisotopic (exact) mass is 432 g/mol. The van der Waals surface area contributed by atoms with E-state index in [9.17, 15) is 9.59 Å². The zero-order valence-electron chi connectivity index (χ0n) is 16.4. The van der Waals surface area contributed by atoms with E-state index in [1.54, 1.807) is 17.5 Å². The van der Waals surface area contributed by atoms with Gasteiger partial charge < -0.3 is 19.5 Å². The van der Waals surface area contributed by atoms with Gasteiger partial charge in [0.15, 0.2) is 11.5 Å². The van der Waals surface area contributed by atoms with E-state index < -0.39 is 5.97 Å². The topological polar surface area (TPSA) is 86.8 Å². The van der Waals surface area contributed by atoms with Crippen LogP contribution < -0.4 is 14.8 Å². The number of amides is 1. The SMILES string of the molecule is COC(=O)c1sccc1NC(=O)c1cc(-c2ccc3c(c2)OCO3)nc2ccccc12. The molecule has 3 heterocycles. The summed E-state index contributed by atoms with van der Waals surface area (Å²) in [6, 6.07) is 16.4. The lowest BCUT2D eigenvalue weighted by Crippen LogP contribution is -2.15. The maximum Gasteiger partial charge on any atom is 0.350 e. The second kappa shape index (κ2) is 7.73. The van der Waals surface area contributed by atoms with Gasteiger partial charge in [0.2, 0.25) is 6.79 Å². The fraction of sp³-hybridized carbons (Fsp3) is 0.0870. The molecular formula is C23H16N2O5S. The molecule has 0 saturated carbocycles. The van der Waals surface area contributed by atoms with Gasteiger partial charge in [0.25, 0.3) is 5.91 Å². The van der Waals surface area contributed by atoms with Gasteiger partial charge in [0.05, 0.1) is 29.6 Å². The first kappa shape index (κ1) is 19.1. The van der Waals surface area contributed by atoms with Crippen molar-refractivity contribution in [1.82, 2.24) is 4.98 Å². The summed E-state index contributed by atoms with van der Waals surface area (Å²) in [6.45, 7) is 0.181. The van der Waals surface area contributed by atoms with Crippen molar-refractivity contribution in [3.63, 3.8) is 0 Å². The Morgan fingerprint density at radius 2 is 1.90 bits per heavy atom. The molecule has 0 atom stereocenters. The average molecular weight is 432 g/mol. The number of aromatic nitrogens is 1. The van der Waals surface area contributed by atoms with Crippen molar-refractivity contribution in [1.29, 1.82) is 0 Å². The van der Waals surface area contributed by atoms with E-state index >= 15 is 0 Å². The van der Waals surface area contributed by atoms with Crippen LogP contribution in [-0.2, 0) is 4.74 Å². The quantitative estimate of drug-likeness (QED) is 0.469. The predicted octanol–water partition coefficient (Wildman–Crippen LogP) is 4.73. The number of thiophene rings is 1. The number of rotatable bonds is 4. The maximum absolute atomic E-state index is 13.2. The molecule has 0 fully saturated rings. The largest absolute Gasteiger partial charge is 0.465 e. The molecule has 1 N–H and O–H groups in total. The van der Waals surface area contributed by atoms with Crippen molar-refractivity contribution >= 4 is 39.8 Å². The van der Waals surface area contributed by atoms with E-state index in [0.29, 0.717) is 44.2 Å². The van der Waals surface area contributed by atoms with Gasteiger partial charge in [-0.05, 0) is 41.8 Å². The van der Waals surface area contributed by atoms with Crippen LogP contribution in [0.2, 0.25) is 0 Å². The van der Waals surface area contributed by atoms with Crippen LogP contribution in [0.5, 0.6) is 11.5 Å². The zero-order valence-corrected chi connectivity index (χ0v) is 17.2. The first-order valence-corrected chi connectivity index (χ1v) is 10.3. The van der Waals surface area contributed by atoms with Crippen molar-refractivity contribution in [2.45, 2.75) is 0 Å². The van der Waals surface area contributed by atoms with Crippen molar-refractivity contribution in [2.24, 2.45) is 0 Å². The Kier molecular flexibility index (Phi) is 4.76. The minimum absolute atomic E-state index is 0.181. The molecule has 8 heteroatoms. The lowest BCUT2D eigenvalue weighted by Gasteiger charge is -2.11. The first-order valence-electron chi connectivity index (χ1n) is 9.41. The molecule has 5 rings (SSSR count). The van der Waals surface area contributed by atoms with Crippen LogP contribution >= 0.6 is 11.3 Å². The van der Waals surface area contributed by atoms with E-state index in [1.807, 2.05) is 42.5 Å². The molecule has 0 spiro atoms. The van der Waals surface area contributed by atoms with Crippen LogP contribution in [0.15, 0.2) is 60.0 Å². The number of para-hydroxylation sites is 1. The summed E-state index contributed by atoms with van der Waals surface area (Å²) in [5.74, 6) is 0.477. The number of carbonyl (C=O) groups is 2. The number of anilines is 1. The molecule has 1 aliphatic rings. The normalized spacial score (nSPS) is 12.0. The number of ether oxygens (including phenoxy) is 3. The number of nitrogens with zero attached hydrogens (tertiary/aromatic N) is 1. The number of hydrogen-bond donors (Lipinski definition) is 1. The fourth-order valence-corrected chi connectivity index (χ4v) is 4.18. The number of nitrogens with one attached hydrogen (secondary N) is 1. The summed E-state index contributed by atoms with van der Waals surface area (Å²) >= 11 is 1.21. The van der Waals surface area contributed by atoms with Crippen molar-refractivity contribution in [3.05, 3.63) is 70.4 Å². The molecule has 0 unspecified atom stereocenters. The van der Waals surface area contributed by atoms with Crippen molar-refractivity contribution < 1.29 is 23.8 Å². The molecule has 31 heavy (non-hydrogen) atoms. The molecule has 2 aromatic heterocycles. The molecule has 0 bridgehead atoms. The molecule has 0 radical (unpaired) electrons. The van der Waals surface area contributed by atoms with Gasteiger partial charge in [-0.25, -0.2) is 9.78 Å². The summed E-state index contributed by atoms with van der Waals surface area (Å²) in [4.78, 5) is 30.3. The third-order valence-electron chi connectivity index (χ3n) is 4.91. The number of carbonyl (C=O) groups excluding carboxylic acids is 2. The molecule has 1 amide bonds. The highest BCUT2D eigenvalue weighted by atomic mass is 32.1. The highest BCUT2D eigenvalue weighted by Gasteiger charge is 2.20. The van der Waals surface area contributed by atoms with E-state index in [4.69, 9.17) is 19.2 Å². The minimum atomic E-state index is -0.495. The number of methoxy groups -OCH3 is 1. The summed E-state index contributed by atoms with van der Waals surface area (Å²) in [5, 5.41) is 5.27. The lowest BCUT2D eigenvalue weighted by molar-refractivity contribution is 0.0607. The standard InChI is InChI=1S/C23H16N2O5S/c1-28-23(27)21-17(8-9-31-21)25-22(26)15-11-18(24-16-5-3-2-4-14(15)16)13-6-7-19-20(10-13)30-12-29-19/h2-11H,12H2,1H3,(H,25,26). The Labute approximate surface area is 181 Å². The number of pyridine rings is 1. The third kappa shape index (κ3) is 3.47. The van der Waals surface area contributed by atoms with Gasteiger partial charge in [-0.2, -0.15) is 0 Å². The summed E-state index contributed by atoms with van der Waals surface area (Å²) < 4.78 is 15.6. The summed E-state index contributed by atoms with van der Waals surface area (Å²) in [7, 11) is 1.31. The van der Waals surface area contributed by atoms with Crippen LogP contribution in [0.3, 0.4) is 0 Å². The number of esters is 1. The van der Waals surface area contributed by atoms with Crippen molar-refractivity contribution in [2.75, 3.05) is 19.2 Å². The number of fused-ring (bicyclic) bond motifs is 2. The number of benzene rings is 2. The molecule has 0 saturated heterocycles. The molecule has 154 valence electrons. The Bertz CT molecular complexity index is 1330. The summed E-state index contributed by atoms with van der Waals surface area (Å²) in [5.41, 5.74) is 2.96. The van der Waals surface area contributed by atoms with Crippen LogP contribution in [0.1, 0.15) is 20.0 Å². The molecule has 1 aliphatic heterocycles. The highest BCUT2D eigenvalue weighted by Crippen LogP contribution is 2.36. The fourth-order valence-electron chi connectivity index (χ4n) is 3.42. The molecule has 0 aliphatic carbocycles. The van der Waals surface area contributed by atoms with Gasteiger partial charge in [-0.15, -0.1) is 11.3 Å². The Hall–Kier alpha value is -3.91. The molecule has 4 aromatic rings.